The van der Waals surface area contributed by atoms with Gasteiger partial charge in [0.2, 0.25) is 0 Å². The van der Waals surface area contributed by atoms with Crippen LogP contribution in [0.15, 0.2) is 0 Å². The van der Waals surface area contributed by atoms with Gasteiger partial charge in [-0.05, 0) is 31.6 Å². The Morgan fingerprint density at radius 2 is 2.33 bits per heavy atom. The van der Waals surface area contributed by atoms with Crippen LogP contribution in [0.3, 0.4) is 0 Å². The van der Waals surface area contributed by atoms with Crippen LogP contribution >= 0.6 is 0 Å². The van der Waals surface area contributed by atoms with Crippen LogP contribution in [0.5, 0.6) is 0 Å². The second kappa shape index (κ2) is 1.50. The molecule has 0 heterocycles. The fraction of sp³-hybridized carbons (Fsp3) is 1.00. The first-order valence-electron chi connectivity index (χ1n) is 3.68. The Hall–Kier alpha value is -0.0800. The number of aliphatic hydroxyl groups excluding tert-OH is 1. The first-order valence-corrected chi connectivity index (χ1v) is 3.68. The van der Waals surface area contributed by atoms with Gasteiger partial charge in [-0.25, -0.2) is 0 Å². The molecule has 3 N–H and O–H groups in total. The van der Waals surface area contributed by atoms with Crippen molar-refractivity contribution in [1.82, 2.24) is 0 Å². The van der Waals surface area contributed by atoms with Crippen LogP contribution in [0, 0.1) is 5.92 Å². The molecule has 9 heavy (non-hydrogen) atoms. The molecule has 0 aliphatic heterocycles. The highest BCUT2D eigenvalue weighted by molar-refractivity contribution is 5.05. The van der Waals surface area contributed by atoms with Crippen LogP contribution in [-0.2, 0) is 0 Å². The summed E-state index contributed by atoms with van der Waals surface area (Å²) in [4.78, 5) is 0. The largest absolute Gasteiger partial charge is 0.391 e. The number of hydrogen-bond acceptors (Lipinski definition) is 2. The lowest BCUT2D eigenvalue weighted by Crippen LogP contribution is -2.45. The number of fused-ring (bicyclic) bond motifs is 2. The van der Waals surface area contributed by atoms with E-state index in [4.69, 9.17) is 5.73 Å². The van der Waals surface area contributed by atoms with Gasteiger partial charge >= 0.3 is 0 Å². The van der Waals surface area contributed by atoms with Crippen molar-refractivity contribution in [3.63, 3.8) is 0 Å². The summed E-state index contributed by atoms with van der Waals surface area (Å²) in [7, 11) is 0. The van der Waals surface area contributed by atoms with E-state index in [1.54, 1.807) is 0 Å². The molecule has 2 fully saturated rings. The molecule has 2 heteroatoms. The van der Waals surface area contributed by atoms with Gasteiger partial charge in [0, 0.05) is 5.54 Å². The van der Waals surface area contributed by atoms with Gasteiger partial charge in [-0.3, -0.25) is 0 Å². The fourth-order valence-electron chi connectivity index (χ4n) is 2.27. The zero-order chi connectivity index (χ0) is 6.48. The van der Waals surface area contributed by atoms with Crippen LogP contribution in [-0.4, -0.2) is 16.7 Å². The van der Waals surface area contributed by atoms with Crippen molar-refractivity contribution in [3.05, 3.63) is 0 Å². The molecule has 2 rings (SSSR count). The minimum Gasteiger partial charge on any atom is -0.391 e. The molecule has 52 valence electrons. The third-order valence-corrected chi connectivity index (χ3v) is 2.91. The SMILES string of the molecule is N[C@]12CC[C@H](C[C@H]1O)C2. The second-order valence-electron chi connectivity index (χ2n) is 3.59. The molecule has 0 aromatic heterocycles. The lowest BCUT2D eigenvalue weighted by Gasteiger charge is -2.26. The van der Waals surface area contributed by atoms with Crippen molar-refractivity contribution in [2.75, 3.05) is 0 Å². The van der Waals surface area contributed by atoms with Gasteiger partial charge < -0.3 is 10.8 Å². The summed E-state index contributed by atoms with van der Waals surface area (Å²) in [5, 5.41) is 9.35. The average Bonchev–Trinajstić information content (AvgIpc) is 2.22. The van der Waals surface area contributed by atoms with E-state index < -0.39 is 0 Å². The molecule has 0 spiro atoms. The summed E-state index contributed by atoms with van der Waals surface area (Å²) in [6, 6.07) is 0. The fourth-order valence-corrected chi connectivity index (χ4v) is 2.27. The van der Waals surface area contributed by atoms with Gasteiger partial charge in [0.15, 0.2) is 0 Å². The van der Waals surface area contributed by atoms with E-state index in [0.29, 0.717) is 0 Å². The Morgan fingerprint density at radius 3 is 2.56 bits per heavy atom. The summed E-state index contributed by atoms with van der Waals surface area (Å²) in [5.41, 5.74) is 5.72. The normalized spacial score (nSPS) is 56.7. The minimum atomic E-state index is -0.198. The molecule has 0 saturated heterocycles. The monoisotopic (exact) mass is 127 g/mol. The quantitative estimate of drug-likeness (QED) is 0.490. The third-order valence-electron chi connectivity index (χ3n) is 2.91. The van der Waals surface area contributed by atoms with Crippen molar-refractivity contribution in [2.45, 2.75) is 37.3 Å². The topological polar surface area (TPSA) is 46.2 Å². The van der Waals surface area contributed by atoms with Crippen molar-refractivity contribution >= 4 is 0 Å². The molecule has 0 unspecified atom stereocenters. The number of nitrogens with two attached hydrogens (primary N) is 1. The Balaban J connectivity index is 2.22. The van der Waals surface area contributed by atoms with Gasteiger partial charge in [-0.2, -0.15) is 0 Å². The van der Waals surface area contributed by atoms with E-state index in [9.17, 15) is 5.11 Å². The van der Waals surface area contributed by atoms with Crippen molar-refractivity contribution in [3.8, 4) is 0 Å². The highest BCUT2D eigenvalue weighted by atomic mass is 16.3. The zero-order valence-corrected chi connectivity index (χ0v) is 5.51. The molecule has 2 aliphatic carbocycles. The summed E-state index contributed by atoms with van der Waals surface area (Å²) >= 11 is 0. The van der Waals surface area contributed by atoms with E-state index >= 15 is 0 Å². The molecule has 2 nitrogen and oxygen atoms in total. The Kier molecular flexibility index (Phi) is 0.945. The predicted molar refractivity (Wildman–Crippen MR) is 34.9 cm³/mol. The number of hydrogen-bond donors (Lipinski definition) is 2. The van der Waals surface area contributed by atoms with Crippen molar-refractivity contribution < 1.29 is 5.11 Å². The Bertz CT molecular complexity index is 137. The molecule has 0 aromatic rings. The van der Waals surface area contributed by atoms with Crippen LogP contribution in [0.2, 0.25) is 0 Å². The van der Waals surface area contributed by atoms with Gasteiger partial charge in [-0.1, -0.05) is 0 Å². The Labute approximate surface area is 55.1 Å². The number of aliphatic hydroxyl groups is 1. The average molecular weight is 127 g/mol. The van der Waals surface area contributed by atoms with Gasteiger partial charge in [0.25, 0.3) is 0 Å². The smallest absolute Gasteiger partial charge is 0.0722 e. The van der Waals surface area contributed by atoms with Crippen molar-refractivity contribution in [2.24, 2.45) is 11.7 Å². The molecule has 0 radical (unpaired) electrons. The molecule has 2 aliphatic rings. The predicted octanol–water partition coefficient (Wildman–Crippen LogP) is 0.249. The van der Waals surface area contributed by atoms with E-state index in [1.165, 1.54) is 6.42 Å². The van der Waals surface area contributed by atoms with Crippen LogP contribution in [0.4, 0.5) is 0 Å². The molecule has 2 saturated carbocycles. The van der Waals surface area contributed by atoms with Crippen LogP contribution in [0.25, 0.3) is 0 Å². The third kappa shape index (κ3) is 0.634. The van der Waals surface area contributed by atoms with E-state index in [2.05, 4.69) is 0 Å². The first kappa shape index (κ1) is 5.69. The molecule has 2 bridgehead atoms. The van der Waals surface area contributed by atoms with Crippen molar-refractivity contribution in [1.29, 1.82) is 0 Å². The first-order chi connectivity index (χ1) is 4.21. The molecular weight excluding hydrogens is 114 g/mol. The maximum atomic E-state index is 9.35. The van der Waals surface area contributed by atoms with Gasteiger partial charge in [0.05, 0.1) is 6.10 Å². The maximum absolute atomic E-state index is 9.35. The second-order valence-corrected chi connectivity index (χ2v) is 3.59. The zero-order valence-electron chi connectivity index (χ0n) is 5.51. The van der Waals surface area contributed by atoms with Gasteiger partial charge in [0.1, 0.15) is 0 Å². The summed E-state index contributed by atoms with van der Waals surface area (Å²) in [6.07, 6.45) is 4.10. The summed E-state index contributed by atoms with van der Waals surface area (Å²) in [5.74, 6) is 0.741. The van der Waals surface area contributed by atoms with E-state index in [-0.39, 0.29) is 11.6 Å². The van der Waals surface area contributed by atoms with E-state index in [0.717, 1.165) is 25.2 Å². The molecule has 0 aromatic carbocycles. The lowest BCUT2D eigenvalue weighted by atomic mass is 9.92. The maximum Gasteiger partial charge on any atom is 0.0722 e. The highest BCUT2D eigenvalue weighted by Crippen LogP contribution is 2.45. The lowest BCUT2D eigenvalue weighted by molar-refractivity contribution is 0.0931. The van der Waals surface area contributed by atoms with Gasteiger partial charge in [-0.15, -0.1) is 0 Å². The summed E-state index contributed by atoms with van der Waals surface area (Å²) in [6.45, 7) is 0. The minimum absolute atomic E-state index is 0.176. The van der Waals surface area contributed by atoms with Crippen LogP contribution < -0.4 is 5.73 Å². The van der Waals surface area contributed by atoms with E-state index in [1.807, 2.05) is 0 Å². The van der Waals surface area contributed by atoms with Crippen LogP contribution in [0.1, 0.15) is 25.7 Å². The number of rotatable bonds is 0. The molecule has 3 atom stereocenters. The molecular formula is C7H13NO. The summed E-state index contributed by atoms with van der Waals surface area (Å²) < 4.78 is 0. The Morgan fingerprint density at radius 1 is 1.56 bits per heavy atom. The standard InChI is InChI=1S/C7H13NO/c8-7-2-1-5(4-7)3-6(7)9/h5-6,9H,1-4,8H2/t5-,6-,7+/m1/s1. The molecule has 0 amide bonds. The highest BCUT2D eigenvalue weighted by Gasteiger charge is 2.48.